The SMILES string of the molecule is Cc1c(F)c(F)c(C(C)C)c(F)c1Br. The van der Waals surface area contributed by atoms with E-state index in [1.165, 1.54) is 6.92 Å². The maximum Gasteiger partial charge on any atom is 0.165 e. The van der Waals surface area contributed by atoms with E-state index < -0.39 is 17.5 Å². The van der Waals surface area contributed by atoms with Crippen LogP contribution in [0.5, 0.6) is 0 Å². The third-order valence-electron chi connectivity index (χ3n) is 2.09. The van der Waals surface area contributed by atoms with Crippen molar-refractivity contribution in [1.82, 2.24) is 0 Å². The van der Waals surface area contributed by atoms with Gasteiger partial charge in [-0.15, -0.1) is 0 Å². The molecule has 0 N–H and O–H groups in total. The monoisotopic (exact) mass is 266 g/mol. The van der Waals surface area contributed by atoms with Gasteiger partial charge in [-0.3, -0.25) is 0 Å². The number of hydrogen-bond donors (Lipinski definition) is 0. The minimum absolute atomic E-state index is 0.0000926. The molecule has 0 aliphatic heterocycles. The molecule has 0 saturated carbocycles. The molecule has 0 aromatic heterocycles. The Labute approximate surface area is 89.3 Å². The molecule has 0 fully saturated rings. The Balaban J connectivity index is 3.60. The van der Waals surface area contributed by atoms with Crippen LogP contribution in [0, 0.1) is 24.4 Å². The lowest BCUT2D eigenvalue weighted by Gasteiger charge is -2.12. The van der Waals surface area contributed by atoms with Crippen LogP contribution in [0.25, 0.3) is 0 Å². The zero-order valence-electron chi connectivity index (χ0n) is 8.09. The summed E-state index contributed by atoms with van der Waals surface area (Å²) in [5, 5.41) is 0. The molecule has 1 aromatic rings. The smallest absolute Gasteiger partial charge is 0.165 e. The van der Waals surface area contributed by atoms with Crippen LogP contribution in [0.4, 0.5) is 13.2 Å². The molecule has 0 aliphatic carbocycles. The molecular formula is C10H10BrF3. The first-order valence-corrected chi connectivity index (χ1v) is 4.99. The lowest BCUT2D eigenvalue weighted by Crippen LogP contribution is -2.05. The molecule has 0 atom stereocenters. The van der Waals surface area contributed by atoms with Crippen LogP contribution in [0.15, 0.2) is 4.47 Å². The Morgan fingerprint density at radius 1 is 1.00 bits per heavy atom. The quantitative estimate of drug-likeness (QED) is 0.665. The van der Waals surface area contributed by atoms with Gasteiger partial charge < -0.3 is 0 Å². The first kappa shape index (κ1) is 11.6. The summed E-state index contributed by atoms with van der Waals surface area (Å²) in [4.78, 5) is 0. The van der Waals surface area contributed by atoms with E-state index in [0.29, 0.717) is 0 Å². The van der Waals surface area contributed by atoms with Crippen LogP contribution in [0.2, 0.25) is 0 Å². The van der Waals surface area contributed by atoms with Crippen LogP contribution in [0.1, 0.15) is 30.9 Å². The lowest BCUT2D eigenvalue weighted by atomic mass is 10.00. The summed E-state index contributed by atoms with van der Waals surface area (Å²) in [5.41, 5.74) is -0.246. The van der Waals surface area contributed by atoms with E-state index in [0.717, 1.165) is 0 Å². The highest BCUT2D eigenvalue weighted by Gasteiger charge is 2.22. The van der Waals surface area contributed by atoms with E-state index in [2.05, 4.69) is 15.9 Å². The molecule has 14 heavy (non-hydrogen) atoms. The number of rotatable bonds is 1. The summed E-state index contributed by atoms with van der Waals surface area (Å²) in [6.07, 6.45) is 0. The molecule has 1 aromatic carbocycles. The van der Waals surface area contributed by atoms with Crippen molar-refractivity contribution in [2.75, 3.05) is 0 Å². The Morgan fingerprint density at radius 2 is 1.50 bits per heavy atom. The molecule has 78 valence electrons. The largest absolute Gasteiger partial charge is 0.205 e. The maximum absolute atomic E-state index is 13.5. The third-order valence-corrected chi connectivity index (χ3v) is 3.04. The van der Waals surface area contributed by atoms with Crippen LogP contribution in [-0.2, 0) is 0 Å². The molecule has 0 nitrogen and oxygen atoms in total. The zero-order valence-corrected chi connectivity index (χ0v) is 9.68. The highest BCUT2D eigenvalue weighted by molar-refractivity contribution is 9.10. The van der Waals surface area contributed by atoms with E-state index in [-0.39, 0.29) is 21.5 Å². The van der Waals surface area contributed by atoms with Gasteiger partial charge in [-0.2, -0.15) is 0 Å². The molecule has 1 rings (SSSR count). The van der Waals surface area contributed by atoms with E-state index >= 15 is 0 Å². The van der Waals surface area contributed by atoms with Gasteiger partial charge >= 0.3 is 0 Å². The Bertz CT molecular complexity index is 343. The fourth-order valence-electron chi connectivity index (χ4n) is 1.27. The van der Waals surface area contributed by atoms with E-state index in [1.807, 2.05) is 0 Å². The number of hydrogen-bond acceptors (Lipinski definition) is 0. The van der Waals surface area contributed by atoms with Crippen molar-refractivity contribution < 1.29 is 13.2 Å². The maximum atomic E-state index is 13.5. The molecule has 4 heteroatoms. The fourth-order valence-corrected chi connectivity index (χ4v) is 1.65. The van der Waals surface area contributed by atoms with Crippen molar-refractivity contribution in [2.24, 2.45) is 0 Å². The molecule has 0 heterocycles. The van der Waals surface area contributed by atoms with E-state index in [1.54, 1.807) is 13.8 Å². The summed E-state index contributed by atoms with van der Waals surface area (Å²) in [7, 11) is 0. The van der Waals surface area contributed by atoms with Crippen molar-refractivity contribution in [3.63, 3.8) is 0 Å². The molecule has 0 amide bonds. The summed E-state index contributed by atoms with van der Waals surface area (Å²) in [5.74, 6) is -3.17. The average Bonchev–Trinajstić information content (AvgIpc) is 2.11. The molecule has 0 spiro atoms. The second-order valence-electron chi connectivity index (χ2n) is 3.45. The normalized spacial score (nSPS) is 11.1. The van der Waals surface area contributed by atoms with Crippen molar-refractivity contribution in [1.29, 1.82) is 0 Å². The summed E-state index contributed by atoms with van der Waals surface area (Å²) >= 11 is 2.90. The van der Waals surface area contributed by atoms with Gasteiger partial charge in [0.2, 0.25) is 0 Å². The standard InChI is InChI=1S/C10H10BrF3/c1-4(2)6-9(13)7(11)5(3)8(12)10(6)14/h4H,1-3H3. The summed E-state index contributed by atoms with van der Waals surface area (Å²) in [6, 6.07) is 0. The van der Waals surface area contributed by atoms with Gasteiger partial charge in [-0.1, -0.05) is 13.8 Å². The van der Waals surface area contributed by atoms with Crippen LogP contribution in [-0.4, -0.2) is 0 Å². The summed E-state index contributed by atoms with van der Waals surface area (Å²) < 4.78 is 40.0. The molecule has 0 unspecified atom stereocenters. The third kappa shape index (κ3) is 1.67. The van der Waals surface area contributed by atoms with Gasteiger partial charge in [0, 0.05) is 11.1 Å². The molecular weight excluding hydrogens is 257 g/mol. The predicted molar refractivity (Wildman–Crippen MR) is 52.8 cm³/mol. The van der Waals surface area contributed by atoms with Crippen LogP contribution in [0.3, 0.4) is 0 Å². The average molecular weight is 267 g/mol. The molecule has 0 saturated heterocycles. The van der Waals surface area contributed by atoms with Crippen molar-refractivity contribution in [2.45, 2.75) is 26.7 Å². The van der Waals surface area contributed by atoms with Gasteiger partial charge in [0.05, 0.1) is 4.47 Å². The van der Waals surface area contributed by atoms with Gasteiger partial charge in [0.1, 0.15) is 5.82 Å². The minimum Gasteiger partial charge on any atom is -0.205 e. The fraction of sp³-hybridized carbons (Fsp3) is 0.400. The minimum atomic E-state index is -1.09. The lowest BCUT2D eigenvalue weighted by molar-refractivity contribution is 0.464. The Kier molecular flexibility index (Phi) is 3.24. The van der Waals surface area contributed by atoms with Gasteiger partial charge in [0.25, 0.3) is 0 Å². The van der Waals surface area contributed by atoms with Gasteiger partial charge in [-0.25, -0.2) is 13.2 Å². The first-order valence-electron chi connectivity index (χ1n) is 4.20. The Hall–Kier alpha value is -0.510. The van der Waals surface area contributed by atoms with Crippen LogP contribution >= 0.6 is 15.9 Å². The first-order chi connectivity index (χ1) is 6.37. The highest BCUT2D eigenvalue weighted by Crippen LogP contribution is 2.32. The molecule has 0 aliphatic rings. The molecule has 0 radical (unpaired) electrons. The molecule has 0 bridgehead atoms. The predicted octanol–water partition coefficient (Wildman–Crippen LogP) is 4.30. The Morgan fingerprint density at radius 3 is 1.93 bits per heavy atom. The second kappa shape index (κ2) is 3.93. The zero-order chi connectivity index (χ0) is 11.0. The van der Waals surface area contributed by atoms with Crippen molar-refractivity contribution >= 4 is 15.9 Å². The topological polar surface area (TPSA) is 0 Å². The van der Waals surface area contributed by atoms with Gasteiger partial charge in [-0.05, 0) is 28.8 Å². The second-order valence-corrected chi connectivity index (χ2v) is 4.24. The summed E-state index contributed by atoms with van der Waals surface area (Å²) in [6.45, 7) is 4.56. The highest BCUT2D eigenvalue weighted by atomic mass is 79.9. The number of halogens is 4. The van der Waals surface area contributed by atoms with E-state index in [9.17, 15) is 13.2 Å². The van der Waals surface area contributed by atoms with Crippen LogP contribution < -0.4 is 0 Å². The van der Waals surface area contributed by atoms with Gasteiger partial charge in [0.15, 0.2) is 11.6 Å². The number of benzene rings is 1. The van der Waals surface area contributed by atoms with Crippen molar-refractivity contribution in [3.05, 3.63) is 33.1 Å². The van der Waals surface area contributed by atoms with Crippen molar-refractivity contribution in [3.8, 4) is 0 Å². The van der Waals surface area contributed by atoms with E-state index in [4.69, 9.17) is 0 Å².